The number of carbonyl (C=O) groups excluding carboxylic acids is 1. The lowest BCUT2D eigenvalue weighted by molar-refractivity contribution is 0.0908. The van der Waals surface area contributed by atoms with Crippen LogP contribution in [0.3, 0.4) is 0 Å². The second kappa shape index (κ2) is 9.14. The van der Waals surface area contributed by atoms with Crippen LogP contribution in [0.25, 0.3) is 5.69 Å². The van der Waals surface area contributed by atoms with Gasteiger partial charge in [0.1, 0.15) is 0 Å². The minimum absolute atomic E-state index is 0.0228. The number of amides is 1. The molecule has 0 spiro atoms. The van der Waals surface area contributed by atoms with Crippen molar-refractivity contribution in [3.63, 3.8) is 0 Å². The maximum absolute atomic E-state index is 13.0. The molecule has 3 heterocycles. The number of hydrogen-bond donors (Lipinski definition) is 1. The summed E-state index contributed by atoms with van der Waals surface area (Å²) in [4.78, 5) is 19.8. The van der Waals surface area contributed by atoms with Crippen molar-refractivity contribution < 1.29 is 4.79 Å². The highest BCUT2D eigenvalue weighted by molar-refractivity contribution is 9.10. The first kappa shape index (κ1) is 20.8. The Kier molecular flexibility index (Phi) is 6.35. The predicted molar refractivity (Wildman–Crippen MR) is 123 cm³/mol. The Morgan fingerprint density at radius 1 is 1.13 bits per heavy atom. The number of nitrogens with one attached hydrogen (secondary N) is 1. The average molecular weight is 467 g/mol. The summed E-state index contributed by atoms with van der Waals surface area (Å²) in [5.41, 5.74) is 4.95. The summed E-state index contributed by atoms with van der Waals surface area (Å²) >= 11 is 3.48. The fraction of sp³-hybridized carbons (Fsp3) is 0.333. The van der Waals surface area contributed by atoms with Crippen molar-refractivity contribution in [2.24, 2.45) is 0 Å². The molecule has 1 N–H and O–H groups in total. The largest absolute Gasteiger partial charge is 0.349 e. The second-order valence-electron chi connectivity index (χ2n) is 7.94. The zero-order valence-electron chi connectivity index (χ0n) is 17.4. The molecule has 5 nitrogen and oxygen atoms in total. The lowest BCUT2D eigenvalue weighted by Gasteiger charge is -2.32. The molecule has 1 amide bonds. The van der Waals surface area contributed by atoms with Gasteiger partial charge in [-0.15, -0.1) is 0 Å². The van der Waals surface area contributed by atoms with Crippen molar-refractivity contribution in [1.29, 1.82) is 0 Å². The van der Waals surface area contributed by atoms with E-state index in [4.69, 9.17) is 0 Å². The normalized spacial score (nSPS) is 15.3. The van der Waals surface area contributed by atoms with Crippen molar-refractivity contribution >= 4 is 21.8 Å². The van der Waals surface area contributed by atoms with Crippen molar-refractivity contribution in [2.75, 3.05) is 13.1 Å². The van der Waals surface area contributed by atoms with E-state index in [0.717, 1.165) is 65.3 Å². The molecule has 4 rings (SSSR count). The molecule has 0 bridgehead atoms. The van der Waals surface area contributed by atoms with Gasteiger partial charge in [-0.05, 0) is 69.2 Å². The number of benzene rings is 1. The summed E-state index contributed by atoms with van der Waals surface area (Å²) in [7, 11) is 0. The number of hydrogen-bond acceptors (Lipinski definition) is 3. The number of carbonyl (C=O) groups is 1. The molecule has 1 aliphatic rings. The third-order valence-electron chi connectivity index (χ3n) is 5.80. The number of piperidine rings is 1. The molecule has 0 saturated carbocycles. The zero-order chi connectivity index (χ0) is 21.1. The van der Waals surface area contributed by atoms with Crippen LogP contribution in [0.15, 0.2) is 59.2 Å². The first-order valence-electron chi connectivity index (χ1n) is 10.4. The molecule has 1 aromatic carbocycles. The molecule has 30 heavy (non-hydrogen) atoms. The highest BCUT2D eigenvalue weighted by atomic mass is 79.9. The van der Waals surface area contributed by atoms with E-state index in [0.29, 0.717) is 0 Å². The van der Waals surface area contributed by atoms with E-state index in [1.165, 1.54) is 0 Å². The first-order chi connectivity index (χ1) is 14.5. The summed E-state index contributed by atoms with van der Waals surface area (Å²) in [5.74, 6) is 0.0228. The van der Waals surface area contributed by atoms with Crippen LogP contribution >= 0.6 is 15.9 Å². The lowest BCUT2D eigenvalue weighted by atomic mass is 10.0. The van der Waals surface area contributed by atoms with E-state index in [1.54, 1.807) is 0 Å². The maximum atomic E-state index is 13.0. The fourth-order valence-corrected chi connectivity index (χ4v) is 4.46. The van der Waals surface area contributed by atoms with Crippen molar-refractivity contribution in [3.8, 4) is 5.69 Å². The lowest BCUT2D eigenvalue weighted by Crippen LogP contribution is -2.44. The number of halogens is 1. The van der Waals surface area contributed by atoms with Gasteiger partial charge in [0, 0.05) is 53.4 Å². The van der Waals surface area contributed by atoms with Gasteiger partial charge in [-0.25, -0.2) is 0 Å². The van der Waals surface area contributed by atoms with Crippen LogP contribution in [0.1, 0.15) is 40.3 Å². The number of likely N-dealkylation sites (tertiary alicyclic amines) is 1. The summed E-state index contributed by atoms with van der Waals surface area (Å²) in [6, 6.07) is 16.4. The molecular weight excluding hydrogens is 440 g/mol. The van der Waals surface area contributed by atoms with Gasteiger partial charge in [-0.1, -0.05) is 22.0 Å². The van der Waals surface area contributed by atoms with Gasteiger partial charge in [-0.2, -0.15) is 0 Å². The Hall–Kier alpha value is -2.44. The number of rotatable bonds is 5. The molecule has 0 aliphatic carbocycles. The Morgan fingerprint density at radius 3 is 2.53 bits per heavy atom. The summed E-state index contributed by atoms with van der Waals surface area (Å²) in [6.45, 7) is 6.87. The van der Waals surface area contributed by atoms with E-state index < -0.39 is 0 Å². The predicted octanol–water partition coefficient (Wildman–Crippen LogP) is 4.65. The molecule has 1 aliphatic heterocycles. The summed E-state index contributed by atoms with van der Waals surface area (Å²) in [5, 5.41) is 3.26. The molecule has 0 radical (unpaired) electrons. The fourth-order valence-electron chi connectivity index (χ4n) is 4.20. The summed E-state index contributed by atoms with van der Waals surface area (Å²) in [6.07, 6.45) is 3.76. The van der Waals surface area contributed by atoms with Gasteiger partial charge < -0.3 is 9.88 Å². The van der Waals surface area contributed by atoms with Gasteiger partial charge in [0.05, 0.1) is 11.3 Å². The number of nitrogens with zero attached hydrogens (tertiary/aromatic N) is 3. The van der Waals surface area contributed by atoms with Crippen LogP contribution in [-0.2, 0) is 6.54 Å². The molecule has 6 heteroatoms. The highest BCUT2D eigenvalue weighted by Crippen LogP contribution is 2.23. The molecular formula is C24H27BrN4O. The first-order valence-corrected chi connectivity index (χ1v) is 11.2. The quantitative estimate of drug-likeness (QED) is 0.595. The summed E-state index contributed by atoms with van der Waals surface area (Å²) < 4.78 is 3.18. The zero-order valence-corrected chi connectivity index (χ0v) is 19.0. The van der Waals surface area contributed by atoms with E-state index in [2.05, 4.69) is 53.9 Å². The van der Waals surface area contributed by atoms with E-state index in [9.17, 15) is 4.79 Å². The van der Waals surface area contributed by atoms with Crippen molar-refractivity contribution in [1.82, 2.24) is 19.8 Å². The van der Waals surface area contributed by atoms with Gasteiger partial charge in [0.2, 0.25) is 0 Å². The minimum Gasteiger partial charge on any atom is -0.349 e. The van der Waals surface area contributed by atoms with E-state index in [-0.39, 0.29) is 11.9 Å². The third kappa shape index (κ3) is 4.65. The maximum Gasteiger partial charge on any atom is 0.253 e. The van der Waals surface area contributed by atoms with Crippen LogP contribution < -0.4 is 5.32 Å². The molecule has 2 aromatic heterocycles. The van der Waals surface area contributed by atoms with Gasteiger partial charge in [0.15, 0.2) is 0 Å². The van der Waals surface area contributed by atoms with Crippen LogP contribution in [0.5, 0.6) is 0 Å². The second-order valence-corrected chi connectivity index (χ2v) is 8.86. The molecule has 1 saturated heterocycles. The molecule has 3 aromatic rings. The number of aromatic nitrogens is 2. The topological polar surface area (TPSA) is 50.2 Å². The molecule has 0 unspecified atom stereocenters. The van der Waals surface area contributed by atoms with E-state index in [1.807, 2.05) is 50.4 Å². The van der Waals surface area contributed by atoms with E-state index >= 15 is 0 Å². The Morgan fingerprint density at radius 2 is 1.87 bits per heavy atom. The van der Waals surface area contributed by atoms with Crippen LogP contribution in [-0.4, -0.2) is 39.5 Å². The Balaban J connectivity index is 1.38. The molecule has 0 atom stereocenters. The van der Waals surface area contributed by atoms with Crippen molar-refractivity contribution in [3.05, 3.63) is 81.8 Å². The average Bonchev–Trinajstić information content (AvgIpc) is 3.05. The smallest absolute Gasteiger partial charge is 0.253 e. The number of aryl methyl sites for hydroxylation is 1. The Bertz CT molecular complexity index is 1010. The monoisotopic (exact) mass is 466 g/mol. The minimum atomic E-state index is 0.0228. The SMILES string of the molecule is Cc1cc(C(=O)NC2CCN(Cc3ccccn3)CC2)c(C)n1-c1ccc(Br)cc1. The van der Waals surface area contributed by atoms with Gasteiger partial charge in [0.25, 0.3) is 5.91 Å². The highest BCUT2D eigenvalue weighted by Gasteiger charge is 2.23. The van der Waals surface area contributed by atoms with Gasteiger partial charge >= 0.3 is 0 Å². The number of pyridine rings is 1. The molecule has 1 fully saturated rings. The van der Waals surface area contributed by atoms with Crippen molar-refractivity contribution in [2.45, 2.75) is 39.3 Å². The van der Waals surface area contributed by atoms with Crippen LogP contribution in [0.2, 0.25) is 0 Å². The standard InChI is InChI=1S/C24H27BrN4O/c1-17-15-23(18(2)29(17)22-8-6-19(25)7-9-22)24(30)27-20-10-13-28(14-11-20)16-21-5-3-4-12-26-21/h3-9,12,15,20H,10-11,13-14,16H2,1-2H3,(H,27,30). The van der Waals surface area contributed by atoms with Gasteiger partial charge in [-0.3, -0.25) is 14.7 Å². The van der Waals surface area contributed by atoms with Crippen LogP contribution in [0.4, 0.5) is 0 Å². The third-order valence-corrected chi connectivity index (χ3v) is 6.32. The van der Waals surface area contributed by atoms with Crippen LogP contribution in [0, 0.1) is 13.8 Å². The molecule has 156 valence electrons. The Labute approximate surface area is 186 Å².